The van der Waals surface area contributed by atoms with Crippen molar-refractivity contribution in [2.45, 2.75) is 51.1 Å². The van der Waals surface area contributed by atoms with E-state index >= 15 is 0 Å². The number of nitrogens with zero attached hydrogens (tertiary/aromatic N) is 3. The molecular formula is C17H19F3N4O2. The van der Waals surface area contributed by atoms with E-state index in [4.69, 9.17) is 0 Å². The number of hydrogen-bond acceptors (Lipinski definition) is 4. The Labute approximate surface area is 148 Å². The van der Waals surface area contributed by atoms with Crippen LogP contribution in [0.3, 0.4) is 0 Å². The lowest BCUT2D eigenvalue weighted by Gasteiger charge is -2.20. The largest absolute Gasteiger partial charge is 0.573 e. The zero-order chi connectivity index (χ0) is 18.6. The third-order valence-corrected chi connectivity index (χ3v) is 4.33. The Morgan fingerprint density at radius 1 is 1.23 bits per heavy atom. The zero-order valence-electron chi connectivity index (χ0n) is 14.0. The lowest BCUT2D eigenvalue weighted by atomic mass is 9.96. The number of para-hydroxylation sites is 1. The quantitative estimate of drug-likeness (QED) is 0.875. The average Bonchev–Trinajstić information content (AvgIpc) is 3.10. The normalized spacial score (nSPS) is 15.7. The first-order chi connectivity index (χ1) is 12.4. The molecule has 140 valence electrons. The summed E-state index contributed by atoms with van der Waals surface area (Å²) in [6, 6.07) is 5.92. The van der Waals surface area contributed by atoms with E-state index in [-0.39, 0.29) is 29.6 Å². The number of carbonyl (C=O) groups excluding carboxylic acids is 1. The van der Waals surface area contributed by atoms with Crippen molar-refractivity contribution in [3.05, 3.63) is 41.7 Å². The molecule has 1 aromatic heterocycles. The number of carbonyl (C=O) groups is 1. The summed E-state index contributed by atoms with van der Waals surface area (Å²) in [6.07, 6.45) is 2.27. The SMILES string of the molecule is O=C(NCc1ccccc1OC(F)(F)F)c1cn(C2CCCCC2)nn1. The van der Waals surface area contributed by atoms with Crippen molar-refractivity contribution in [3.63, 3.8) is 0 Å². The molecule has 1 aromatic carbocycles. The van der Waals surface area contributed by atoms with Crippen LogP contribution in [0.1, 0.15) is 54.2 Å². The van der Waals surface area contributed by atoms with Crippen LogP contribution in [0.4, 0.5) is 13.2 Å². The highest BCUT2D eigenvalue weighted by Gasteiger charge is 2.32. The van der Waals surface area contributed by atoms with Gasteiger partial charge in [-0.15, -0.1) is 18.3 Å². The van der Waals surface area contributed by atoms with Crippen molar-refractivity contribution in [3.8, 4) is 5.75 Å². The number of aromatic nitrogens is 3. The molecule has 1 aliphatic rings. The predicted octanol–water partition coefficient (Wildman–Crippen LogP) is 3.61. The molecule has 26 heavy (non-hydrogen) atoms. The van der Waals surface area contributed by atoms with Crippen molar-refractivity contribution in [2.24, 2.45) is 0 Å². The standard InChI is InChI=1S/C17H19F3N4O2/c18-17(19,20)26-15-9-5-4-6-12(15)10-21-16(25)14-11-24(23-22-14)13-7-2-1-3-8-13/h4-6,9,11,13H,1-3,7-8,10H2,(H,21,25). The van der Waals surface area contributed by atoms with Gasteiger partial charge in [0.05, 0.1) is 12.2 Å². The van der Waals surface area contributed by atoms with E-state index in [1.165, 1.54) is 24.6 Å². The number of alkyl halides is 3. The highest BCUT2D eigenvalue weighted by molar-refractivity contribution is 5.91. The Hall–Kier alpha value is -2.58. The molecular weight excluding hydrogens is 349 g/mol. The number of benzene rings is 1. The van der Waals surface area contributed by atoms with Crippen molar-refractivity contribution in [2.75, 3.05) is 0 Å². The first-order valence-corrected chi connectivity index (χ1v) is 8.46. The third kappa shape index (κ3) is 4.74. The van der Waals surface area contributed by atoms with Crippen LogP contribution in [-0.2, 0) is 6.54 Å². The summed E-state index contributed by atoms with van der Waals surface area (Å²) in [5, 5.41) is 10.4. The van der Waals surface area contributed by atoms with Crippen LogP contribution in [0, 0.1) is 0 Å². The smallest absolute Gasteiger partial charge is 0.405 e. The molecule has 3 rings (SSSR count). The van der Waals surface area contributed by atoms with Gasteiger partial charge >= 0.3 is 6.36 Å². The monoisotopic (exact) mass is 368 g/mol. The summed E-state index contributed by atoms with van der Waals surface area (Å²) in [4.78, 5) is 12.2. The summed E-state index contributed by atoms with van der Waals surface area (Å²) in [5.41, 5.74) is 0.364. The van der Waals surface area contributed by atoms with E-state index in [1.807, 2.05) is 0 Å². The minimum Gasteiger partial charge on any atom is -0.405 e. The second-order valence-corrected chi connectivity index (χ2v) is 6.21. The molecule has 1 N–H and O–H groups in total. The number of amides is 1. The topological polar surface area (TPSA) is 69.0 Å². The summed E-state index contributed by atoms with van der Waals surface area (Å²) in [5.74, 6) is -0.833. The fourth-order valence-electron chi connectivity index (χ4n) is 3.04. The Kier molecular flexibility index (Phi) is 5.43. The van der Waals surface area contributed by atoms with Gasteiger partial charge in [0.15, 0.2) is 5.69 Å². The number of hydrogen-bond donors (Lipinski definition) is 1. The molecule has 0 unspecified atom stereocenters. The van der Waals surface area contributed by atoms with Gasteiger partial charge in [0.25, 0.3) is 5.91 Å². The Bertz CT molecular complexity index is 754. The van der Waals surface area contributed by atoms with Gasteiger partial charge in [-0.1, -0.05) is 42.7 Å². The number of nitrogens with one attached hydrogen (secondary N) is 1. The molecule has 9 heteroatoms. The Balaban J connectivity index is 1.62. The van der Waals surface area contributed by atoms with Crippen molar-refractivity contribution < 1.29 is 22.7 Å². The van der Waals surface area contributed by atoms with Crippen LogP contribution in [-0.4, -0.2) is 27.3 Å². The lowest BCUT2D eigenvalue weighted by Crippen LogP contribution is -2.24. The Morgan fingerprint density at radius 3 is 2.69 bits per heavy atom. The van der Waals surface area contributed by atoms with Crippen molar-refractivity contribution in [1.29, 1.82) is 0 Å². The maximum absolute atomic E-state index is 12.4. The van der Waals surface area contributed by atoms with Gasteiger partial charge in [-0.05, 0) is 18.9 Å². The van der Waals surface area contributed by atoms with E-state index < -0.39 is 12.3 Å². The summed E-state index contributed by atoms with van der Waals surface area (Å²) < 4.78 is 43.0. The van der Waals surface area contributed by atoms with Gasteiger partial charge in [0.1, 0.15) is 5.75 Å². The zero-order valence-corrected chi connectivity index (χ0v) is 14.0. The molecule has 0 spiro atoms. The molecule has 1 fully saturated rings. The first-order valence-electron chi connectivity index (χ1n) is 8.46. The summed E-state index contributed by atoms with van der Waals surface area (Å²) in [6.45, 7) is -0.110. The van der Waals surface area contributed by atoms with E-state index in [0.717, 1.165) is 25.7 Å². The molecule has 0 radical (unpaired) electrons. The van der Waals surface area contributed by atoms with Gasteiger partial charge in [-0.25, -0.2) is 4.68 Å². The Morgan fingerprint density at radius 2 is 1.96 bits per heavy atom. The van der Waals surface area contributed by atoms with Crippen LogP contribution < -0.4 is 10.1 Å². The van der Waals surface area contributed by atoms with Crippen LogP contribution in [0.5, 0.6) is 5.75 Å². The molecule has 1 heterocycles. The van der Waals surface area contributed by atoms with Crippen LogP contribution in [0.15, 0.2) is 30.5 Å². The van der Waals surface area contributed by atoms with Gasteiger partial charge in [0.2, 0.25) is 0 Å². The highest BCUT2D eigenvalue weighted by Crippen LogP contribution is 2.28. The molecule has 1 amide bonds. The molecule has 2 aromatic rings. The fraction of sp³-hybridized carbons (Fsp3) is 0.471. The number of rotatable bonds is 5. The molecule has 0 saturated heterocycles. The third-order valence-electron chi connectivity index (χ3n) is 4.33. The fourth-order valence-corrected chi connectivity index (χ4v) is 3.04. The summed E-state index contributed by atoms with van der Waals surface area (Å²) in [7, 11) is 0. The molecule has 0 aliphatic heterocycles. The summed E-state index contributed by atoms with van der Waals surface area (Å²) >= 11 is 0. The molecule has 0 atom stereocenters. The van der Waals surface area contributed by atoms with Crippen LogP contribution in [0.25, 0.3) is 0 Å². The van der Waals surface area contributed by atoms with Crippen LogP contribution >= 0.6 is 0 Å². The maximum Gasteiger partial charge on any atom is 0.573 e. The molecule has 0 bridgehead atoms. The van der Waals surface area contributed by atoms with Crippen molar-refractivity contribution >= 4 is 5.91 Å². The number of ether oxygens (including phenoxy) is 1. The second-order valence-electron chi connectivity index (χ2n) is 6.21. The van der Waals surface area contributed by atoms with E-state index in [0.29, 0.717) is 0 Å². The van der Waals surface area contributed by atoms with E-state index in [9.17, 15) is 18.0 Å². The second kappa shape index (κ2) is 7.76. The van der Waals surface area contributed by atoms with E-state index in [1.54, 1.807) is 16.9 Å². The number of halogens is 3. The van der Waals surface area contributed by atoms with Crippen molar-refractivity contribution in [1.82, 2.24) is 20.3 Å². The minimum atomic E-state index is -4.79. The van der Waals surface area contributed by atoms with Gasteiger partial charge < -0.3 is 10.1 Å². The van der Waals surface area contributed by atoms with Gasteiger partial charge in [0, 0.05) is 12.1 Å². The first kappa shape index (κ1) is 18.2. The van der Waals surface area contributed by atoms with Crippen LogP contribution in [0.2, 0.25) is 0 Å². The molecule has 1 saturated carbocycles. The lowest BCUT2D eigenvalue weighted by molar-refractivity contribution is -0.274. The molecule has 1 aliphatic carbocycles. The van der Waals surface area contributed by atoms with Gasteiger partial charge in [-0.2, -0.15) is 0 Å². The van der Waals surface area contributed by atoms with E-state index in [2.05, 4.69) is 20.4 Å². The minimum absolute atomic E-state index is 0.110. The maximum atomic E-state index is 12.4. The highest BCUT2D eigenvalue weighted by atomic mass is 19.4. The average molecular weight is 368 g/mol. The predicted molar refractivity (Wildman–Crippen MR) is 86.4 cm³/mol. The molecule has 6 nitrogen and oxygen atoms in total. The van der Waals surface area contributed by atoms with Gasteiger partial charge in [-0.3, -0.25) is 4.79 Å².